The van der Waals surface area contributed by atoms with Crippen molar-refractivity contribution >= 4 is 5.91 Å². The number of carbonyl (C=O) groups is 1. The summed E-state index contributed by atoms with van der Waals surface area (Å²) in [5, 5.41) is 4.50. The van der Waals surface area contributed by atoms with Crippen LogP contribution in [-0.4, -0.2) is 47.4 Å². The summed E-state index contributed by atoms with van der Waals surface area (Å²) in [4.78, 5) is 14.4. The fraction of sp³-hybridized carbons (Fsp3) is 0.385. The lowest BCUT2D eigenvalue weighted by atomic mass is 9.94. The van der Waals surface area contributed by atoms with Gasteiger partial charge < -0.3 is 14.4 Å². The van der Waals surface area contributed by atoms with Gasteiger partial charge in [-0.05, 0) is 79.6 Å². The van der Waals surface area contributed by atoms with Gasteiger partial charge >= 0.3 is 6.18 Å². The predicted octanol–water partition coefficient (Wildman–Crippen LogP) is 5.35. The molecule has 35 heavy (non-hydrogen) atoms. The van der Waals surface area contributed by atoms with Gasteiger partial charge in [0.15, 0.2) is 6.61 Å². The molecule has 1 aromatic heterocycles. The number of amides is 1. The molecule has 5 rings (SSSR count). The van der Waals surface area contributed by atoms with E-state index in [0.717, 1.165) is 43.6 Å². The van der Waals surface area contributed by atoms with E-state index in [-0.39, 0.29) is 12.5 Å². The van der Waals surface area contributed by atoms with Crippen LogP contribution < -0.4 is 9.47 Å². The number of benzene rings is 2. The van der Waals surface area contributed by atoms with Crippen LogP contribution in [0.4, 0.5) is 13.2 Å². The summed E-state index contributed by atoms with van der Waals surface area (Å²) in [6, 6.07) is 13.6. The highest BCUT2D eigenvalue weighted by atomic mass is 19.4. The SMILES string of the molecule is COc1cc(-c2ccc(OCC(=O)N3CCC4(CC3)CC4)cc2)nn1-c1ccc(C(F)(F)F)cc1. The Bertz CT molecular complexity index is 1190. The van der Waals surface area contributed by atoms with Gasteiger partial charge in [0.05, 0.1) is 24.1 Å². The molecule has 2 aliphatic rings. The normalized spacial score (nSPS) is 16.9. The van der Waals surface area contributed by atoms with Crippen LogP contribution in [0.3, 0.4) is 0 Å². The second-order valence-electron chi connectivity index (χ2n) is 9.22. The number of alkyl halides is 3. The van der Waals surface area contributed by atoms with Gasteiger partial charge in [-0.25, -0.2) is 4.68 Å². The number of halogens is 3. The molecule has 6 nitrogen and oxygen atoms in total. The molecule has 9 heteroatoms. The first-order valence-electron chi connectivity index (χ1n) is 11.6. The van der Waals surface area contributed by atoms with Crippen LogP contribution in [0.1, 0.15) is 31.2 Å². The van der Waals surface area contributed by atoms with E-state index in [2.05, 4.69) is 5.10 Å². The molecule has 0 bridgehead atoms. The molecule has 3 aromatic rings. The van der Waals surface area contributed by atoms with Crippen molar-refractivity contribution in [3.63, 3.8) is 0 Å². The minimum absolute atomic E-state index is 0.00270. The highest BCUT2D eigenvalue weighted by Crippen LogP contribution is 2.53. The third kappa shape index (κ3) is 4.99. The first kappa shape index (κ1) is 23.3. The van der Waals surface area contributed by atoms with Crippen LogP contribution in [-0.2, 0) is 11.0 Å². The van der Waals surface area contributed by atoms with Crippen molar-refractivity contribution in [3.05, 3.63) is 60.2 Å². The number of piperidine rings is 1. The van der Waals surface area contributed by atoms with Crippen LogP contribution in [0.5, 0.6) is 11.6 Å². The Labute approximate surface area is 201 Å². The van der Waals surface area contributed by atoms with E-state index in [4.69, 9.17) is 9.47 Å². The van der Waals surface area contributed by atoms with Gasteiger partial charge in [0.25, 0.3) is 5.91 Å². The van der Waals surface area contributed by atoms with Gasteiger partial charge in [-0.1, -0.05) is 0 Å². The average molecular weight is 486 g/mol. The molecule has 0 radical (unpaired) electrons. The Hall–Kier alpha value is -3.49. The summed E-state index contributed by atoms with van der Waals surface area (Å²) in [5.41, 5.74) is 1.61. The summed E-state index contributed by atoms with van der Waals surface area (Å²) in [6.07, 6.45) is 0.379. The van der Waals surface area contributed by atoms with E-state index in [1.54, 1.807) is 18.2 Å². The molecular weight excluding hydrogens is 459 g/mol. The number of aromatic nitrogens is 2. The number of hydrogen-bond acceptors (Lipinski definition) is 4. The Kier molecular flexibility index (Phi) is 5.94. The summed E-state index contributed by atoms with van der Waals surface area (Å²) in [7, 11) is 1.47. The van der Waals surface area contributed by atoms with Crippen LogP contribution >= 0.6 is 0 Å². The number of methoxy groups -OCH3 is 1. The molecule has 184 valence electrons. The van der Waals surface area contributed by atoms with E-state index in [9.17, 15) is 18.0 Å². The van der Waals surface area contributed by atoms with Gasteiger partial charge in [-0.15, -0.1) is 0 Å². The van der Waals surface area contributed by atoms with Gasteiger partial charge in [0.1, 0.15) is 5.75 Å². The van der Waals surface area contributed by atoms with E-state index in [1.165, 1.54) is 36.8 Å². The monoisotopic (exact) mass is 485 g/mol. The summed E-state index contributed by atoms with van der Waals surface area (Å²) in [5.74, 6) is 0.969. The van der Waals surface area contributed by atoms with Crippen LogP contribution in [0.25, 0.3) is 16.9 Å². The molecule has 1 aliphatic carbocycles. The highest BCUT2D eigenvalue weighted by molar-refractivity contribution is 5.78. The molecule has 0 atom stereocenters. The molecule has 0 N–H and O–H groups in total. The van der Waals surface area contributed by atoms with Gasteiger partial charge in [-0.3, -0.25) is 4.79 Å². The van der Waals surface area contributed by atoms with Crippen LogP contribution in [0.2, 0.25) is 0 Å². The maximum atomic E-state index is 12.9. The molecule has 1 saturated heterocycles. The fourth-order valence-electron chi connectivity index (χ4n) is 4.49. The molecule has 2 fully saturated rings. The van der Waals surface area contributed by atoms with Crippen molar-refractivity contribution in [1.29, 1.82) is 0 Å². The van der Waals surface area contributed by atoms with Crippen molar-refractivity contribution in [1.82, 2.24) is 14.7 Å². The largest absolute Gasteiger partial charge is 0.484 e. The second kappa shape index (κ2) is 8.94. The second-order valence-corrected chi connectivity index (χ2v) is 9.22. The number of hydrogen-bond donors (Lipinski definition) is 0. The summed E-state index contributed by atoms with van der Waals surface area (Å²) >= 11 is 0. The average Bonchev–Trinajstić information content (AvgIpc) is 3.47. The summed E-state index contributed by atoms with van der Waals surface area (Å²) < 4.78 is 51.1. The van der Waals surface area contributed by atoms with E-state index in [0.29, 0.717) is 28.4 Å². The smallest absolute Gasteiger partial charge is 0.416 e. The number of nitrogens with zero attached hydrogens (tertiary/aromatic N) is 3. The minimum Gasteiger partial charge on any atom is -0.484 e. The van der Waals surface area contributed by atoms with E-state index in [1.807, 2.05) is 17.0 Å². The van der Waals surface area contributed by atoms with Gasteiger partial charge in [-0.2, -0.15) is 18.3 Å². The minimum atomic E-state index is -4.40. The maximum Gasteiger partial charge on any atom is 0.416 e. The zero-order valence-corrected chi connectivity index (χ0v) is 19.3. The van der Waals surface area contributed by atoms with E-state index < -0.39 is 11.7 Å². The summed E-state index contributed by atoms with van der Waals surface area (Å²) in [6.45, 7) is 1.62. The Morgan fingerprint density at radius 2 is 1.66 bits per heavy atom. The number of carbonyl (C=O) groups excluding carboxylic acids is 1. The highest BCUT2D eigenvalue weighted by Gasteiger charge is 2.45. The fourth-order valence-corrected chi connectivity index (χ4v) is 4.49. The van der Waals surface area contributed by atoms with Gasteiger partial charge in [0, 0.05) is 24.7 Å². The number of likely N-dealkylation sites (tertiary alicyclic amines) is 1. The Morgan fingerprint density at radius 3 is 2.23 bits per heavy atom. The third-order valence-corrected chi connectivity index (χ3v) is 6.97. The van der Waals surface area contributed by atoms with Gasteiger partial charge in [0.2, 0.25) is 5.88 Å². The standard InChI is InChI=1S/C26H26F3N3O3/c1-34-24-16-22(30-32(24)20-6-4-19(5-7-20)26(27,28)29)18-2-8-21(9-3-18)35-17-23(33)31-14-12-25(10-11-25)13-15-31/h2-9,16H,10-15,17H2,1H3. The quantitative estimate of drug-likeness (QED) is 0.473. The van der Waals surface area contributed by atoms with Crippen LogP contribution in [0, 0.1) is 5.41 Å². The Morgan fingerprint density at radius 1 is 1.00 bits per heavy atom. The molecule has 1 amide bonds. The van der Waals surface area contributed by atoms with Crippen molar-refractivity contribution in [3.8, 4) is 28.6 Å². The molecule has 1 saturated carbocycles. The van der Waals surface area contributed by atoms with Crippen molar-refractivity contribution in [2.45, 2.75) is 31.9 Å². The maximum absolute atomic E-state index is 12.9. The Balaban J connectivity index is 1.23. The first-order valence-corrected chi connectivity index (χ1v) is 11.6. The van der Waals surface area contributed by atoms with E-state index >= 15 is 0 Å². The lowest BCUT2D eigenvalue weighted by Crippen LogP contribution is -2.41. The molecule has 2 heterocycles. The topological polar surface area (TPSA) is 56.6 Å². The lowest BCUT2D eigenvalue weighted by molar-refractivity contribution is -0.137. The molecule has 1 spiro atoms. The first-order chi connectivity index (χ1) is 16.8. The zero-order chi connectivity index (χ0) is 24.6. The molecular formula is C26H26F3N3O3. The van der Waals surface area contributed by atoms with Crippen molar-refractivity contribution in [2.75, 3.05) is 26.8 Å². The number of ether oxygens (including phenoxy) is 2. The molecule has 2 aromatic carbocycles. The van der Waals surface area contributed by atoms with Crippen molar-refractivity contribution in [2.24, 2.45) is 5.41 Å². The zero-order valence-electron chi connectivity index (χ0n) is 19.3. The van der Waals surface area contributed by atoms with Crippen LogP contribution in [0.15, 0.2) is 54.6 Å². The number of rotatable bonds is 6. The predicted molar refractivity (Wildman–Crippen MR) is 124 cm³/mol. The lowest BCUT2D eigenvalue weighted by Gasteiger charge is -2.32. The molecule has 1 aliphatic heterocycles. The third-order valence-electron chi connectivity index (χ3n) is 6.97. The van der Waals surface area contributed by atoms with Crippen molar-refractivity contribution < 1.29 is 27.4 Å². The molecule has 0 unspecified atom stereocenters.